The van der Waals surface area contributed by atoms with Crippen molar-refractivity contribution in [1.82, 2.24) is 4.57 Å². The Morgan fingerprint density at radius 2 is 2.27 bits per heavy atom. The Hall–Kier alpha value is -1.57. The van der Waals surface area contributed by atoms with Crippen LogP contribution in [0, 0.1) is 0 Å². The van der Waals surface area contributed by atoms with Gasteiger partial charge < -0.3 is 4.57 Å². The molecule has 1 aromatic carbocycles. The van der Waals surface area contributed by atoms with Crippen LogP contribution in [0.5, 0.6) is 0 Å². The minimum atomic E-state index is 0.285. The Labute approximate surface area is 92.0 Å². The predicted molar refractivity (Wildman–Crippen MR) is 59.8 cm³/mol. The Morgan fingerprint density at radius 1 is 1.47 bits per heavy atom. The van der Waals surface area contributed by atoms with E-state index in [9.17, 15) is 4.79 Å². The first-order chi connectivity index (χ1) is 7.24. The van der Waals surface area contributed by atoms with E-state index in [1.165, 1.54) is 6.08 Å². The molecule has 0 aliphatic carbocycles. The summed E-state index contributed by atoms with van der Waals surface area (Å²) in [4.78, 5) is 13.5. The topological polar surface area (TPSA) is 34.4 Å². The van der Waals surface area contributed by atoms with Gasteiger partial charge in [0.1, 0.15) is 0 Å². The molecule has 0 unspecified atom stereocenters. The molecule has 0 N–H and O–H groups in total. The number of fused-ring (bicyclic) bond motifs is 1. The molecule has 3 nitrogen and oxygen atoms in total. The molecule has 15 heavy (non-hydrogen) atoms. The Morgan fingerprint density at radius 3 is 3.00 bits per heavy atom. The van der Waals surface area contributed by atoms with Crippen molar-refractivity contribution in [3.05, 3.63) is 35.0 Å². The van der Waals surface area contributed by atoms with Crippen molar-refractivity contribution in [3.8, 4) is 0 Å². The summed E-state index contributed by atoms with van der Waals surface area (Å²) in [6.07, 6.45) is 3.46. The van der Waals surface area contributed by atoms with Crippen molar-refractivity contribution in [1.29, 1.82) is 0 Å². The van der Waals surface area contributed by atoms with Crippen LogP contribution >= 0.6 is 11.6 Å². The summed E-state index contributed by atoms with van der Waals surface area (Å²) in [5.41, 5.74) is 1.91. The molecule has 0 saturated carbocycles. The number of halogens is 1. The smallest absolute Gasteiger partial charge is 0.235 e. The molecular formula is C11H9ClN2O. The van der Waals surface area contributed by atoms with Crippen molar-refractivity contribution < 1.29 is 4.79 Å². The van der Waals surface area contributed by atoms with E-state index in [1.807, 2.05) is 36.0 Å². The maximum atomic E-state index is 10.0. The molecule has 0 atom stereocenters. The van der Waals surface area contributed by atoms with Gasteiger partial charge in [0, 0.05) is 24.1 Å². The van der Waals surface area contributed by atoms with Crippen molar-refractivity contribution >= 4 is 28.6 Å². The van der Waals surface area contributed by atoms with Gasteiger partial charge in [0.05, 0.1) is 11.6 Å². The largest absolute Gasteiger partial charge is 0.351 e. The molecule has 0 fully saturated rings. The number of hydrogen-bond acceptors (Lipinski definition) is 2. The summed E-state index contributed by atoms with van der Waals surface area (Å²) in [5, 5.41) is 1.64. The van der Waals surface area contributed by atoms with Crippen LogP contribution < -0.4 is 0 Å². The molecule has 0 radical (unpaired) electrons. The molecule has 0 aliphatic rings. The first-order valence-electron chi connectivity index (χ1n) is 4.50. The number of isocyanates is 1. The lowest BCUT2D eigenvalue weighted by Crippen LogP contribution is -1.87. The highest BCUT2D eigenvalue weighted by Gasteiger charge is 2.06. The van der Waals surface area contributed by atoms with E-state index < -0.39 is 0 Å². The highest BCUT2D eigenvalue weighted by Crippen LogP contribution is 2.28. The van der Waals surface area contributed by atoms with E-state index in [2.05, 4.69) is 4.99 Å². The summed E-state index contributed by atoms with van der Waals surface area (Å²) in [5.74, 6) is 0. The minimum absolute atomic E-state index is 0.285. The normalized spacial score (nSPS) is 10.3. The zero-order valence-electron chi connectivity index (χ0n) is 8.20. The summed E-state index contributed by atoms with van der Waals surface area (Å²) >= 11 is 6.19. The second kappa shape index (κ2) is 3.89. The van der Waals surface area contributed by atoms with Gasteiger partial charge in [0.2, 0.25) is 6.08 Å². The molecule has 2 aromatic rings. The fraction of sp³-hybridized carbons (Fsp3) is 0.182. The van der Waals surface area contributed by atoms with Crippen molar-refractivity contribution in [2.24, 2.45) is 12.0 Å². The third-order valence-corrected chi connectivity index (χ3v) is 2.84. The highest BCUT2D eigenvalue weighted by atomic mass is 35.5. The zero-order chi connectivity index (χ0) is 10.8. The third-order valence-electron chi connectivity index (χ3n) is 2.40. The number of benzene rings is 1. The number of aliphatic imine (C=N–C) groups is 1. The molecule has 76 valence electrons. The average Bonchev–Trinajstić information content (AvgIpc) is 2.61. The molecule has 1 heterocycles. The maximum absolute atomic E-state index is 10.0. The number of aromatic nitrogens is 1. The minimum Gasteiger partial charge on any atom is -0.351 e. The predicted octanol–water partition coefficient (Wildman–Crippen LogP) is 2.67. The summed E-state index contributed by atoms with van der Waals surface area (Å²) in [7, 11) is 1.96. The molecule has 0 saturated heterocycles. The van der Waals surface area contributed by atoms with Gasteiger partial charge in [-0.1, -0.05) is 17.7 Å². The Balaban J connectivity index is 2.60. The van der Waals surface area contributed by atoms with E-state index in [-0.39, 0.29) is 6.54 Å². The molecule has 0 aliphatic heterocycles. The fourth-order valence-electron chi connectivity index (χ4n) is 1.60. The van der Waals surface area contributed by atoms with Crippen molar-refractivity contribution in [2.75, 3.05) is 0 Å². The van der Waals surface area contributed by atoms with Crippen LogP contribution in [0.3, 0.4) is 0 Å². The van der Waals surface area contributed by atoms with Gasteiger partial charge in [0.15, 0.2) is 0 Å². The van der Waals surface area contributed by atoms with E-state index in [1.54, 1.807) is 0 Å². The fourth-order valence-corrected chi connectivity index (χ4v) is 1.88. The lowest BCUT2D eigenvalue weighted by Gasteiger charge is -2.02. The monoisotopic (exact) mass is 220 g/mol. The zero-order valence-corrected chi connectivity index (χ0v) is 8.95. The third kappa shape index (κ3) is 1.67. The van der Waals surface area contributed by atoms with Crippen LogP contribution in [-0.4, -0.2) is 10.6 Å². The molecule has 2 rings (SSSR count). The summed E-state index contributed by atoms with van der Waals surface area (Å²) in [6, 6.07) is 5.80. The van der Waals surface area contributed by atoms with Gasteiger partial charge in [-0.3, -0.25) is 0 Å². The van der Waals surface area contributed by atoms with E-state index in [4.69, 9.17) is 11.6 Å². The van der Waals surface area contributed by atoms with Gasteiger partial charge in [0.25, 0.3) is 0 Å². The van der Waals surface area contributed by atoms with Crippen molar-refractivity contribution in [3.63, 3.8) is 0 Å². The first-order valence-corrected chi connectivity index (χ1v) is 4.88. The number of nitrogens with zero attached hydrogens (tertiary/aromatic N) is 2. The van der Waals surface area contributed by atoms with Crippen LogP contribution in [-0.2, 0) is 18.4 Å². The molecule has 0 bridgehead atoms. The molecule has 1 aromatic heterocycles. The van der Waals surface area contributed by atoms with Gasteiger partial charge >= 0.3 is 0 Å². The van der Waals surface area contributed by atoms with E-state index >= 15 is 0 Å². The highest BCUT2D eigenvalue weighted by molar-refractivity contribution is 6.36. The van der Waals surface area contributed by atoms with Gasteiger partial charge in [-0.25, -0.2) is 9.79 Å². The van der Waals surface area contributed by atoms with Gasteiger partial charge in [-0.2, -0.15) is 0 Å². The Bertz CT molecular complexity index is 553. The maximum Gasteiger partial charge on any atom is 0.235 e. The number of carbonyl (C=O) groups excluding carboxylic acids is 1. The second-order valence-corrected chi connectivity index (χ2v) is 3.68. The van der Waals surface area contributed by atoms with Crippen molar-refractivity contribution in [2.45, 2.75) is 6.54 Å². The second-order valence-electron chi connectivity index (χ2n) is 3.31. The number of rotatable bonds is 2. The van der Waals surface area contributed by atoms with Crippen LogP contribution in [0.1, 0.15) is 5.56 Å². The quantitative estimate of drug-likeness (QED) is 0.566. The number of aryl methyl sites for hydroxylation is 1. The standard InChI is InChI=1S/C11H9ClN2O/c1-14-5-4-9-10(14)3-2-8(11(9)12)6-13-7-15/h2-5H,6H2,1H3. The molecule has 0 spiro atoms. The lowest BCUT2D eigenvalue weighted by molar-refractivity contribution is 0.563. The average molecular weight is 221 g/mol. The van der Waals surface area contributed by atoms with E-state index in [0.29, 0.717) is 5.02 Å². The molecule has 4 heteroatoms. The van der Waals surface area contributed by atoms with Crippen LogP contribution in [0.25, 0.3) is 10.9 Å². The summed E-state index contributed by atoms with van der Waals surface area (Å²) in [6.45, 7) is 0.285. The SMILES string of the molecule is Cn1ccc2c(Cl)c(CN=C=O)ccc21. The van der Waals surface area contributed by atoms with Crippen LogP contribution in [0.4, 0.5) is 0 Å². The number of hydrogen-bond donors (Lipinski definition) is 0. The van der Waals surface area contributed by atoms with Gasteiger partial charge in [-0.05, 0) is 17.7 Å². The van der Waals surface area contributed by atoms with Crippen LogP contribution in [0.15, 0.2) is 29.4 Å². The lowest BCUT2D eigenvalue weighted by atomic mass is 10.1. The van der Waals surface area contributed by atoms with E-state index in [0.717, 1.165) is 16.5 Å². The molecular weight excluding hydrogens is 212 g/mol. The Kier molecular flexibility index (Phi) is 2.58. The van der Waals surface area contributed by atoms with Gasteiger partial charge in [-0.15, -0.1) is 0 Å². The summed E-state index contributed by atoms with van der Waals surface area (Å²) < 4.78 is 1.99. The first kappa shape index (κ1) is 9.97. The molecule has 0 amide bonds. The van der Waals surface area contributed by atoms with Crippen LogP contribution in [0.2, 0.25) is 5.02 Å².